The van der Waals surface area contributed by atoms with Gasteiger partial charge in [-0.05, 0) is 61.1 Å². The average molecular weight is 598 g/mol. The number of ketones is 1. The minimum absolute atomic E-state index is 0.0247. The molecule has 2 aromatic heterocycles. The van der Waals surface area contributed by atoms with Crippen LogP contribution < -0.4 is 10.3 Å². The Labute approximate surface area is 258 Å². The maximum atomic E-state index is 13.6. The summed E-state index contributed by atoms with van der Waals surface area (Å²) < 4.78 is 5.86. The predicted octanol–water partition coefficient (Wildman–Crippen LogP) is 9.79. The molecule has 2 unspecified atom stereocenters. The molecular formula is C35H52ClN3O3. The molecule has 2 N–H and O–H groups in total. The van der Waals surface area contributed by atoms with Gasteiger partial charge in [-0.15, -0.1) is 0 Å². The van der Waals surface area contributed by atoms with Crippen LogP contribution in [-0.2, 0) is 11.2 Å². The minimum Gasteiger partial charge on any atom is -0.493 e. The van der Waals surface area contributed by atoms with Crippen molar-refractivity contribution in [1.29, 1.82) is 0 Å². The van der Waals surface area contributed by atoms with Gasteiger partial charge in [-0.25, -0.2) is 0 Å². The molecule has 0 saturated heterocycles. The second-order valence-corrected chi connectivity index (χ2v) is 10.3. The van der Waals surface area contributed by atoms with Gasteiger partial charge in [0.2, 0.25) is 0 Å². The van der Waals surface area contributed by atoms with Gasteiger partial charge in [0, 0.05) is 28.6 Å². The van der Waals surface area contributed by atoms with Crippen LogP contribution >= 0.6 is 11.6 Å². The topological polar surface area (TPSA) is 87.8 Å². The molecule has 0 radical (unpaired) electrons. The number of fused-ring (bicyclic) bond motifs is 1. The fourth-order valence-electron chi connectivity index (χ4n) is 4.65. The van der Waals surface area contributed by atoms with Crippen molar-refractivity contribution >= 4 is 23.0 Å². The number of nitrogens with zero attached hydrogens (tertiary/aromatic N) is 1. The Morgan fingerprint density at radius 3 is 2.33 bits per heavy atom. The van der Waals surface area contributed by atoms with E-state index in [0.29, 0.717) is 34.9 Å². The Morgan fingerprint density at radius 1 is 1.12 bits per heavy atom. The molecule has 232 valence electrons. The number of ether oxygens (including phenoxy) is 1. The quantitative estimate of drug-likeness (QED) is 0.190. The number of pyridine rings is 1. The Morgan fingerprint density at radius 2 is 1.79 bits per heavy atom. The summed E-state index contributed by atoms with van der Waals surface area (Å²) in [4.78, 5) is 30.2. The second kappa shape index (κ2) is 19.9. The lowest BCUT2D eigenvalue weighted by Gasteiger charge is -2.26. The summed E-state index contributed by atoms with van der Waals surface area (Å²) in [5.41, 5.74) is 4.21. The van der Waals surface area contributed by atoms with E-state index < -0.39 is 0 Å². The van der Waals surface area contributed by atoms with Gasteiger partial charge < -0.3 is 9.84 Å². The monoisotopic (exact) mass is 597 g/mol. The van der Waals surface area contributed by atoms with E-state index in [1.165, 1.54) is 25.7 Å². The molecule has 0 aliphatic carbocycles. The molecule has 1 aliphatic rings. The van der Waals surface area contributed by atoms with Crippen molar-refractivity contribution in [1.82, 2.24) is 15.2 Å². The van der Waals surface area contributed by atoms with Gasteiger partial charge in [-0.2, -0.15) is 0 Å². The third-order valence-electron chi connectivity index (χ3n) is 7.10. The van der Waals surface area contributed by atoms with Crippen LogP contribution in [0, 0.1) is 5.92 Å². The molecule has 42 heavy (non-hydrogen) atoms. The summed E-state index contributed by atoms with van der Waals surface area (Å²) in [6, 6.07) is 7.43. The summed E-state index contributed by atoms with van der Waals surface area (Å²) in [5.74, 6) is 0.694. The number of benzene rings is 1. The molecule has 1 aromatic carbocycles. The zero-order chi connectivity index (χ0) is 31.7. The van der Waals surface area contributed by atoms with Gasteiger partial charge in [-0.3, -0.25) is 19.7 Å². The molecule has 0 saturated carbocycles. The van der Waals surface area contributed by atoms with Crippen molar-refractivity contribution in [3.05, 3.63) is 74.8 Å². The van der Waals surface area contributed by atoms with Crippen LogP contribution in [-0.4, -0.2) is 27.6 Å². The zero-order valence-corrected chi connectivity index (χ0v) is 28.0. The van der Waals surface area contributed by atoms with Crippen LogP contribution in [0.3, 0.4) is 0 Å². The molecule has 7 heteroatoms. The normalized spacial score (nSPS) is 14.4. The number of H-pyrrole nitrogens is 2. The standard InChI is InChI=1S/C25H26ClN3O3.C6H14.2C2H6/c1-4-14(3)19-10-22(21-12-28-29-25(21)31)27-11-20(19)18(5-2)24(30)16-8-15-9-17(26)6-7-23(15)32-13-16;1-3-5-6-4-2;2*1-2/h5-7,9-12,14,16H,4,8,13H2,1-3H3,(H2,28,29,31);3-6H2,1-2H3;2*1-2H3/b18-5+;;;. The largest absolute Gasteiger partial charge is 0.493 e. The Hall–Kier alpha value is -3.12. The molecule has 0 bridgehead atoms. The SMILES string of the molecule is C/C=C(/C(=O)C1COc2ccc(Cl)cc2C1)c1cnc(-c2c[nH][nH]c2=O)cc1C(C)CC.CC.CC.CCCCCC. The summed E-state index contributed by atoms with van der Waals surface area (Å²) in [6.45, 7) is 18.9. The van der Waals surface area contributed by atoms with Crippen molar-refractivity contribution in [3.8, 4) is 17.0 Å². The van der Waals surface area contributed by atoms with E-state index in [0.717, 1.165) is 28.9 Å². The smallest absolute Gasteiger partial charge is 0.273 e. The number of rotatable bonds is 9. The number of unbranched alkanes of at least 4 members (excludes halogenated alkanes) is 3. The van der Waals surface area contributed by atoms with Gasteiger partial charge >= 0.3 is 0 Å². The van der Waals surface area contributed by atoms with Gasteiger partial charge in [0.25, 0.3) is 5.56 Å². The summed E-state index contributed by atoms with van der Waals surface area (Å²) in [5, 5.41) is 5.89. The molecular weight excluding hydrogens is 546 g/mol. The Bertz CT molecular complexity index is 1300. The van der Waals surface area contributed by atoms with Gasteiger partial charge in [0.05, 0.1) is 23.8 Å². The molecule has 0 fully saturated rings. The van der Waals surface area contributed by atoms with Crippen LogP contribution in [0.4, 0.5) is 0 Å². The van der Waals surface area contributed by atoms with Crippen molar-refractivity contribution < 1.29 is 9.53 Å². The predicted molar refractivity (Wildman–Crippen MR) is 179 cm³/mol. The van der Waals surface area contributed by atoms with Crippen LogP contribution in [0.2, 0.25) is 5.02 Å². The maximum absolute atomic E-state index is 13.6. The first-order valence-corrected chi connectivity index (χ1v) is 16.1. The van der Waals surface area contributed by atoms with Gasteiger partial charge in [-0.1, -0.05) is 98.8 Å². The average Bonchev–Trinajstić information content (AvgIpc) is 3.47. The lowest BCUT2D eigenvalue weighted by atomic mass is 9.83. The highest BCUT2D eigenvalue weighted by molar-refractivity contribution is 6.30. The Kier molecular flexibility index (Phi) is 17.5. The molecule has 6 nitrogen and oxygen atoms in total. The van der Waals surface area contributed by atoms with Crippen molar-refractivity contribution in [2.45, 2.75) is 107 Å². The van der Waals surface area contributed by atoms with Crippen LogP contribution in [0.25, 0.3) is 16.8 Å². The zero-order valence-electron chi connectivity index (χ0n) is 27.2. The number of carbonyl (C=O) groups is 1. The third kappa shape index (κ3) is 10.0. The fourth-order valence-corrected chi connectivity index (χ4v) is 4.84. The maximum Gasteiger partial charge on any atom is 0.273 e. The number of allylic oxidation sites excluding steroid dienone is 2. The first-order valence-electron chi connectivity index (χ1n) is 15.7. The lowest BCUT2D eigenvalue weighted by molar-refractivity contribution is -0.118. The van der Waals surface area contributed by atoms with Gasteiger partial charge in [0.1, 0.15) is 5.75 Å². The first kappa shape index (κ1) is 36.9. The summed E-state index contributed by atoms with van der Waals surface area (Å²) in [6.07, 6.45) is 12.2. The number of Topliss-reactive ketones (excluding diaryl/α,β-unsaturated/α-hetero) is 1. The van der Waals surface area contributed by atoms with Crippen LogP contribution in [0.1, 0.15) is 117 Å². The molecule has 3 aromatic rings. The number of aromatic amines is 2. The summed E-state index contributed by atoms with van der Waals surface area (Å²) in [7, 11) is 0. The van der Waals surface area contributed by atoms with Crippen LogP contribution in [0.15, 0.2) is 47.5 Å². The van der Waals surface area contributed by atoms with E-state index in [9.17, 15) is 9.59 Å². The molecule has 0 spiro atoms. The van der Waals surface area contributed by atoms with Crippen molar-refractivity contribution in [3.63, 3.8) is 0 Å². The van der Waals surface area contributed by atoms with E-state index in [1.807, 2.05) is 58.9 Å². The van der Waals surface area contributed by atoms with Crippen molar-refractivity contribution in [2.75, 3.05) is 6.61 Å². The minimum atomic E-state index is -0.302. The molecule has 2 atom stereocenters. The highest BCUT2D eigenvalue weighted by Gasteiger charge is 2.30. The van der Waals surface area contributed by atoms with E-state index in [4.69, 9.17) is 16.3 Å². The van der Waals surface area contributed by atoms with Crippen LogP contribution in [0.5, 0.6) is 5.75 Å². The van der Waals surface area contributed by atoms with E-state index in [1.54, 1.807) is 18.5 Å². The number of nitrogens with one attached hydrogen (secondary N) is 2. The molecule has 4 rings (SSSR count). The third-order valence-corrected chi connectivity index (χ3v) is 7.34. The van der Waals surface area contributed by atoms with Crippen molar-refractivity contribution in [2.24, 2.45) is 5.92 Å². The number of carbonyl (C=O) groups excluding carboxylic acids is 1. The lowest BCUT2D eigenvalue weighted by Crippen LogP contribution is -2.29. The number of aromatic nitrogens is 3. The van der Waals surface area contributed by atoms with E-state index >= 15 is 0 Å². The highest BCUT2D eigenvalue weighted by atomic mass is 35.5. The fraction of sp³-hybridized carbons (Fsp3) is 0.514. The number of hydrogen-bond acceptors (Lipinski definition) is 4. The molecule has 3 heterocycles. The summed E-state index contributed by atoms with van der Waals surface area (Å²) >= 11 is 6.14. The number of hydrogen-bond donors (Lipinski definition) is 2. The number of halogens is 1. The van der Waals surface area contributed by atoms with E-state index in [-0.39, 0.29) is 23.2 Å². The second-order valence-electron chi connectivity index (χ2n) is 9.86. The molecule has 0 amide bonds. The Balaban J connectivity index is 0.000000775. The highest BCUT2D eigenvalue weighted by Crippen LogP contribution is 2.35. The molecule has 1 aliphatic heterocycles. The first-order chi connectivity index (χ1) is 20.3. The van der Waals surface area contributed by atoms with E-state index in [2.05, 4.69) is 42.9 Å². The van der Waals surface area contributed by atoms with Gasteiger partial charge in [0.15, 0.2) is 5.78 Å².